The highest BCUT2D eigenvalue weighted by Crippen LogP contribution is 2.34. The van der Waals surface area contributed by atoms with Crippen LogP contribution in [0.3, 0.4) is 0 Å². The van der Waals surface area contributed by atoms with Gasteiger partial charge in [0.1, 0.15) is 0 Å². The number of nitrogens with zero attached hydrogens (tertiary/aromatic N) is 3. The van der Waals surface area contributed by atoms with Crippen LogP contribution < -0.4 is 5.32 Å². The fourth-order valence-corrected chi connectivity index (χ4v) is 5.87. The standard InChI is InChI=1S/C31H44N4O/c1-4-19-33-20-22-35(23-21-33)30(28-17-10-11-18-29(28)31(36)34(5-2)6-3)25-13-12-16-27(24-25)32-26-14-8-7-9-15-26/h4,10-13,16-18,24,26,30,32H,1,5-9,14-15,19-23H2,2-3H3/t30-/m0/s1. The van der Waals surface area contributed by atoms with Crippen molar-refractivity contribution in [1.29, 1.82) is 0 Å². The van der Waals surface area contributed by atoms with Crippen molar-refractivity contribution in [3.05, 3.63) is 77.9 Å². The number of amides is 1. The maximum Gasteiger partial charge on any atom is 0.254 e. The first-order valence-corrected chi connectivity index (χ1v) is 14.0. The van der Waals surface area contributed by atoms with E-state index in [4.69, 9.17) is 0 Å². The minimum Gasteiger partial charge on any atom is -0.382 e. The van der Waals surface area contributed by atoms with Crippen LogP contribution in [-0.2, 0) is 0 Å². The number of nitrogens with one attached hydrogen (secondary N) is 1. The van der Waals surface area contributed by atoms with Gasteiger partial charge in [0.2, 0.25) is 0 Å². The molecule has 2 fully saturated rings. The van der Waals surface area contributed by atoms with E-state index in [9.17, 15) is 4.79 Å². The van der Waals surface area contributed by atoms with Gasteiger partial charge in [-0.3, -0.25) is 14.6 Å². The second kappa shape index (κ2) is 13.1. The Morgan fingerprint density at radius 1 is 1.03 bits per heavy atom. The summed E-state index contributed by atoms with van der Waals surface area (Å²) in [6, 6.07) is 17.8. The highest BCUT2D eigenvalue weighted by atomic mass is 16.2. The van der Waals surface area contributed by atoms with Crippen LogP contribution in [0.15, 0.2) is 61.2 Å². The molecule has 1 amide bonds. The SMILES string of the molecule is C=CCN1CCN([C@@H](c2cccc(NC3CCCCC3)c2)c2ccccc2C(=O)N(CC)CC)CC1. The maximum atomic E-state index is 13.6. The third kappa shape index (κ3) is 6.37. The Morgan fingerprint density at radius 2 is 1.75 bits per heavy atom. The van der Waals surface area contributed by atoms with Crippen LogP contribution in [0.5, 0.6) is 0 Å². The average Bonchev–Trinajstić information content (AvgIpc) is 2.92. The topological polar surface area (TPSA) is 38.8 Å². The summed E-state index contributed by atoms with van der Waals surface area (Å²) >= 11 is 0. The Balaban J connectivity index is 1.69. The molecule has 2 aliphatic rings. The lowest BCUT2D eigenvalue weighted by Crippen LogP contribution is -2.48. The Hall–Kier alpha value is -2.63. The smallest absolute Gasteiger partial charge is 0.254 e. The minimum atomic E-state index is 0.0414. The highest BCUT2D eigenvalue weighted by molar-refractivity contribution is 5.96. The largest absolute Gasteiger partial charge is 0.382 e. The van der Waals surface area contributed by atoms with E-state index in [0.29, 0.717) is 6.04 Å². The van der Waals surface area contributed by atoms with Crippen LogP contribution in [0.4, 0.5) is 5.69 Å². The van der Waals surface area contributed by atoms with Crippen LogP contribution in [0.1, 0.15) is 73.5 Å². The summed E-state index contributed by atoms with van der Waals surface area (Å²) in [6.07, 6.45) is 8.48. The molecule has 0 unspecified atom stereocenters. The highest BCUT2D eigenvalue weighted by Gasteiger charge is 2.30. The zero-order valence-corrected chi connectivity index (χ0v) is 22.3. The van der Waals surface area contributed by atoms with E-state index >= 15 is 0 Å². The number of anilines is 1. The number of carbonyl (C=O) groups excluding carboxylic acids is 1. The number of piperazine rings is 1. The molecule has 0 aromatic heterocycles. The van der Waals surface area contributed by atoms with Crippen molar-refractivity contribution < 1.29 is 4.79 Å². The quantitative estimate of drug-likeness (QED) is 0.429. The molecule has 1 N–H and O–H groups in total. The van der Waals surface area contributed by atoms with Gasteiger partial charge < -0.3 is 10.2 Å². The Kier molecular flexibility index (Phi) is 9.60. The van der Waals surface area contributed by atoms with Gasteiger partial charge in [0.05, 0.1) is 6.04 Å². The molecule has 1 aliphatic carbocycles. The predicted octanol–water partition coefficient (Wildman–Crippen LogP) is 5.81. The molecule has 1 heterocycles. The Morgan fingerprint density at radius 3 is 2.44 bits per heavy atom. The molecule has 1 aliphatic heterocycles. The lowest BCUT2D eigenvalue weighted by molar-refractivity contribution is 0.0766. The zero-order valence-electron chi connectivity index (χ0n) is 22.3. The third-order valence-electron chi connectivity index (χ3n) is 7.87. The molecule has 5 nitrogen and oxygen atoms in total. The molecule has 2 aromatic rings. The number of rotatable bonds is 10. The van der Waals surface area contributed by atoms with Crippen molar-refractivity contribution in [1.82, 2.24) is 14.7 Å². The normalized spacial score (nSPS) is 18.5. The van der Waals surface area contributed by atoms with Gasteiger partial charge in [-0.15, -0.1) is 6.58 Å². The third-order valence-corrected chi connectivity index (χ3v) is 7.87. The molecular weight excluding hydrogens is 444 g/mol. The first-order chi connectivity index (χ1) is 17.6. The predicted molar refractivity (Wildman–Crippen MR) is 151 cm³/mol. The molecule has 1 saturated carbocycles. The number of benzene rings is 2. The van der Waals surface area contributed by atoms with Crippen LogP contribution in [0, 0.1) is 0 Å². The van der Waals surface area contributed by atoms with Crippen molar-refractivity contribution in [2.45, 2.75) is 58.0 Å². The van der Waals surface area contributed by atoms with Gasteiger partial charge in [0, 0.05) is 63.1 Å². The molecule has 0 spiro atoms. The minimum absolute atomic E-state index is 0.0414. The van der Waals surface area contributed by atoms with Gasteiger partial charge in [-0.2, -0.15) is 0 Å². The number of hydrogen-bond donors (Lipinski definition) is 1. The fourth-order valence-electron chi connectivity index (χ4n) is 5.87. The van der Waals surface area contributed by atoms with Gasteiger partial charge >= 0.3 is 0 Å². The lowest BCUT2D eigenvalue weighted by atomic mass is 9.91. The summed E-state index contributed by atoms with van der Waals surface area (Å²) in [7, 11) is 0. The van der Waals surface area contributed by atoms with Crippen molar-refractivity contribution in [3.8, 4) is 0 Å². The Labute approximate surface area is 218 Å². The number of carbonyl (C=O) groups is 1. The Bertz CT molecular complexity index is 988. The molecule has 0 radical (unpaired) electrons. The van der Waals surface area contributed by atoms with E-state index in [1.54, 1.807) is 0 Å². The number of hydrogen-bond acceptors (Lipinski definition) is 4. The first-order valence-electron chi connectivity index (χ1n) is 14.0. The van der Waals surface area contributed by atoms with E-state index in [-0.39, 0.29) is 11.9 Å². The molecule has 2 aromatic carbocycles. The molecule has 5 heteroatoms. The molecular formula is C31H44N4O. The summed E-state index contributed by atoms with van der Waals surface area (Å²) in [5.41, 5.74) is 4.39. The molecule has 1 atom stereocenters. The summed E-state index contributed by atoms with van der Waals surface area (Å²) in [5.74, 6) is 0.127. The van der Waals surface area contributed by atoms with Crippen molar-refractivity contribution in [2.75, 3.05) is 51.1 Å². The average molecular weight is 489 g/mol. The van der Waals surface area contributed by atoms with E-state index in [1.807, 2.05) is 23.1 Å². The van der Waals surface area contributed by atoms with Crippen molar-refractivity contribution in [2.24, 2.45) is 0 Å². The van der Waals surface area contributed by atoms with Crippen LogP contribution in [0.2, 0.25) is 0 Å². The molecule has 4 rings (SSSR count). The molecule has 0 bridgehead atoms. The van der Waals surface area contributed by atoms with Crippen LogP contribution >= 0.6 is 0 Å². The van der Waals surface area contributed by atoms with Crippen molar-refractivity contribution in [3.63, 3.8) is 0 Å². The van der Waals surface area contributed by atoms with Crippen LogP contribution in [0.25, 0.3) is 0 Å². The van der Waals surface area contributed by atoms with Crippen molar-refractivity contribution >= 4 is 11.6 Å². The summed E-state index contributed by atoms with van der Waals surface area (Å²) in [5, 5.41) is 3.82. The van der Waals surface area contributed by atoms with E-state index < -0.39 is 0 Å². The summed E-state index contributed by atoms with van der Waals surface area (Å²) < 4.78 is 0. The van der Waals surface area contributed by atoms with Gasteiger partial charge in [-0.25, -0.2) is 0 Å². The second-order valence-electron chi connectivity index (χ2n) is 10.2. The van der Waals surface area contributed by atoms with Gasteiger partial charge in [-0.1, -0.05) is 55.7 Å². The molecule has 194 valence electrons. The van der Waals surface area contributed by atoms with Gasteiger partial charge in [-0.05, 0) is 56.0 Å². The van der Waals surface area contributed by atoms with Gasteiger partial charge in [0.25, 0.3) is 5.91 Å². The monoisotopic (exact) mass is 488 g/mol. The van der Waals surface area contributed by atoms with Crippen LogP contribution in [-0.4, -0.2) is 72.5 Å². The summed E-state index contributed by atoms with van der Waals surface area (Å²) in [4.78, 5) is 20.5. The lowest BCUT2D eigenvalue weighted by Gasteiger charge is -2.40. The fraction of sp³-hybridized carbons (Fsp3) is 0.516. The molecule has 1 saturated heterocycles. The zero-order chi connectivity index (χ0) is 25.3. The first kappa shape index (κ1) is 26.4. The summed E-state index contributed by atoms with van der Waals surface area (Å²) in [6.45, 7) is 14.3. The van der Waals surface area contributed by atoms with E-state index in [0.717, 1.165) is 56.9 Å². The van der Waals surface area contributed by atoms with Gasteiger partial charge in [0.15, 0.2) is 0 Å². The second-order valence-corrected chi connectivity index (χ2v) is 10.2. The van der Waals surface area contributed by atoms with E-state index in [1.165, 1.54) is 43.4 Å². The van der Waals surface area contributed by atoms with E-state index in [2.05, 4.69) is 71.9 Å². The molecule has 36 heavy (non-hydrogen) atoms. The maximum absolute atomic E-state index is 13.6.